The Hall–Kier alpha value is -3.10. The zero-order chi connectivity index (χ0) is 21.9. The molecule has 2 heterocycles. The molecule has 1 aliphatic heterocycles. The molecule has 1 atom stereocenters. The maximum Gasteiger partial charge on any atom is 0.419 e. The van der Waals surface area contributed by atoms with Gasteiger partial charge in [-0.25, -0.2) is 14.2 Å². The number of nitrogens with one attached hydrogen (secondary N) is 1. The number of anilines is 1. The summed E-state index contributed by atoms with van der Waals surface area (Å²) < 4.78 is 58.0. The summed E-state index contributed by atoms with van der Waals surface area (Å²) in [6.45, 7) is 2.58. The third kappa shape index (κ3) is 4.90. The number of methoxy groups -OCH3 is 1. The topological polar surface area (TPSA) is 54.5 Å². The Labute approximate surface area is 171 Å². The van der Waals surface area contributed by atoms with Crippen LogP contribution in [0.25, 0.3) is 6.08 Å². The molecule has 160 valence electrons. The average Bonchev–Trinajstić information content (AvgIpc) is 2.70. The first kappa shape index (κ1) is 21.6. The Morgan fingerprint density at radius 3 is 2.67 bits per heavy atom. The quantitative estimate of drug-likeness (QED) is 0.690. The van der Waals surface area contributed by atoms with Crippen LogP contribution in [0.2, 0.25) is 0 Å². The number of aromatic nitrogens is 1. The molecule has 0 radical (unpaired) electrons. The predicted molar refractivity (Wildman–Crippen MR) is 105 cm³/mol. The molecule has 0 bridgehead atoms. The minimum atomic E-state index is -4.75. The van der Waals surface area contributed by atoms with E-state index in [1.807, 2.05) is 6.92 Å². The van der Waals surface area contributed by atoms with Crippen molar-refractivity contribution in [2.24, 2.45) is 5.92 Å². The number of likely N-dealkylation sites (tertiary alicyclic amines) is 1. The van der Waals surface area contributed by atoms with E-state index >= 15 is 0 Å². The number of urea groups is 1. The van der Waals surface area contributed by atoms with Crippen LogP contribution in [0.1, 0.15) is 24.5 Å². The fraction of sp³-hybridized carbons (Fsp3) is 0.333. The standard InChI is InChI=1S/C21H21F4N3O2/c1-13-12-28(20(29)27-16-6-7-18(30-2)26-11-16)9-8-14(13)10-15-4-3-5-17(19(15)22)21(23,24)25/h3-7,10-11,13H,8-9,12H2,1-2H3,(H,27,29). The largest absolute Gasteiger partial charge is 0.481 e. The second kappa shape index (κ2) is 8.73. The summed E-state index contributed by atoms with van der Waals surface area (Å²) in [7, 11) is 1.49. The minimum Gasteiger partial charge on any atom is -0.481 e. The van der Waals surface area contributed by atoms with Crippen LogP contribution >= 0.6 is 0 Å². The summed E-state index contributed by atoms with van der Waals surface area (Å²) >= 11 is 0. The van der Waals surface area contributed by atoms with E-state index in [9.17, 15) is 22.4 Å². The van der Waals surface area contributed by atoms with Crippen LogP contribution in [0.3, 0.4) is 0 Å². The lowest BCUT2D eigenvalue weighted by Gasteiger charge is -2.33. The van der Waals surface area contributed by atoms with E-state index < -0.39 is 17.6 Å². The van der Waals surface area contributed by atoms with Crippen LogP contribution < -0.4 is 10.1 Å². The van der Waals surface area contributed by atoms with Gasteiger partial charge < -0.3 is 15.0 Å². The number of alkyl halides is 3. The molecule has 3 rings (SSSR count). The summed E-state index contributed by atoms with van der Waals surface area (Å²) in [5.74, 6) is -0.986. The van der Waals surface area contributed by atoms with Gasteiger partial charge in [0.15, 0.2) is 0 Å². The molecule has 9 heteroatoms. The third-order valence-electron chi connectivity index (χ3n) is 4.96. The maximum absolute atomic E-state index is 14.3. The van der Waals surface area contributed by atoms with Crippen molar-refractivity contribution in [2.45, 2.75) is 19.5 Å². The SMILES string of the molecule is COc1ccc(NC(=O)N2CCC(=Cc3cccc(C(F)(F)F)c3F)C(C)C2)cn1. The molecule has 1 aromatic carbocycles. The average molecular weight is 423 g/mol. The minimum absolute atomic E-state index is 0.103. The van der Waals surface area contributed by atoms with Gasteiger partial charge in [0.25, 0.3) is 0 Å². The molecular formula is C21H21F4N3O2. The Kier molecular flexibility index (Phi) is 6.28. The molecule has 1 unspecified atom stereocenters. The van der Waals surface area contributed by atoms with Crippen LogP contribution in [-0.2, 0) is 6.18 Å². The predicted octanol–water partition coefficient (Wildman–Crippen LogP) is 5.21. The van der Waals surface area contributed by atoms with Gasteiger partial charge in [0.05, 0.1) is 24.6 Å². The van der Waals surface area contributed by atoms with E-state index in [2.05, 4.69) is 10.3 Å². The second-order valence-electron chi connectivity index (χ2n) is 7.04. The molecule has 1 aliphatic rings. The van der Waals surface area contributed by atoms with E-state index in [1.54, 1.807) is 17.0 Å². The van der Waals surface area contributed by atoms with Crippen LogP contribution in [0, 0.1) is 11.7 Å². The zero-order valence-electron chi connectivity index (χ0n) is 16.5. The first-order valence-corrected chi connectivity index (χ1v) is 9.31. The molecule has 0 saturated carbocycles. The number of rotatable bonds is 3. The molecule has 2 aromatic rings. The molecule has 1 aromatic heterocycles. The van der Waals surface area contributed by atoms with Crippen LogP contribution in [0.5, 0.6) is 5.88 Å². The third-order valence-corrected chi connectivity index (χ3v) is 4.96. The summed E-state index contributed by atoms with van der Waals surface area (Å²) in [5, 5.41) is 2.75. The van der Waals surface area contributed by atoms with Crippen LogP contribution in [-0.4, -0.2) is 36.1 Å². The van der Waals surface area contributed by atoms with E-state index in [4.69, 9.17) is 4.74 Å². The van der Waals surface area contributed by atoms with Crippen molar-refractivity contribution in [1.82, 2.24) is 9.88 Å². The number of amides is 2. The van der Waals surface area contributed by atoms with Gasteiger partial charge >= 0.3 is 12.2 Å². The first-order chi connectivity index (χ1) is 14.2. The lowest BCUT2D eigenvalue weighted by molar-refractivity contribution is -0.140. The Morgan fingerprint density at radius 2 is 2.07 bits per heavy atom. The lowest BCUT2D eigenvalue weighted by Crippen LogP contribution is -2.42. The maximum atomic E-state index is 14.3. The second-order valence-corrected chi connectivity index (χ2v) is 7.04. The number of carbonyl (C=O) groups is 1. The highest BCUT2D eigenvalue weighted by Gasteiger charge is 2.34. The molecule has 30 heavy (non-hydrogen) atoms. The van der Waals surface area contributed by atoms with Crippen LogP contribution in [0.4, 0.5) is 28.0 Å². The van der Waals surface area contributed by atoms with Gasteiger partial charge in [0.1, 0.15) is 5.82 Å². The van der Waals surface area contributed by atoms with Gasteiger partial charge in [-0.2, -0.15) is 13.2 Å². The van der Waals surface area contributed by atoms with Crippen molar-refractivity contribution in [3.8, 4) is 5.88 Å². The van der Waals surface area contributed by atoms with E-state index in [-0.39, 0.29) is 17.5 Å². The molecule has 5 nitrogen and oxygen atoms in total. The van der Waals surface area contributed by atoms with E-state index in [1.165, 1.54) is 31.5 Å². The summed E-state index contributed by atoms with van der Waals surface area (Å²) in [6, 6.07) is 6.21. The molecular weight excluding hydrogens is 402 g/mol. The van der Waals surface area contributed by atoms with E-state index in [0.717, 1.165) is 11.6 Å². The molecule has 0 spiro atoms. The Morgan fingerprint density at radius 1 is 1.30 bits per heavy atom. The summed E-state index contributed by atoms with van der Waals surface area (Å²) in [6.07, 6.45) is -1.38. The number of hydrogen-bond acceptors (Lipinski definition) is 3. The summed E-state index contributed by atoms with van der Waals surface area (Å²) in [4.78, 5) is 18.1. The number of hydrogen-bond donors (Lipinski definition) is 1. The van der Waals surface area contributed by atoms with Gasteiger partial charge in [-0.1, -0.05) is 30.7 Å². The van der Waals surface area contributed by atoms with Gasteiger partial charge in [0, 0.05) is 24.7 Å². The molecule has 0 aliphatic carbocycles. The number of halogens is 4. The number of ether oxygens (including phenoxy) is 1. The number of pyridine rings is 1. The number of nitrogens with zero attached hydrogens (tertiary/aromatic N) is 2. The van der Waals surface area contributed by atoms with Crippen LogP contribution in [0.15, 0.2) is 42.1 Å². The van der Waals surface area contributed by atoms with Gasteiger partial charge in [0.2, 0.25) is 5.88 Å². The normalized spacial score (nSPS) is 18.4. The Bertz CT molecular complexity index is 942. The molecule has 1 fully saturated rings. The van der Waals surface area contributed by atoms with E-state index in [0.29, 0.717) is 31.1 Å². The van der Waals surface area contributed by atoms with Crippen molar-refractivity contribution < 1.29 is 27.1 Å². The van der Waals surface area contributed by atoms with Crippen molar-refractivity contribution >= 4 is 17.8 Å². The lowest BCUT2D eigenvalue weighted by atomic mass is 9.91. The number of benzene rings is 1. The zero-order valence-corrected chi connectivity index (χ0v) is 16.5. The van der Waals surface area contributed by atoms with Crippen molar-refractivity contribution in [2.75, 3.05) is 25.5 Å². The highest BCUT2D eigenvalue weighted by Crippen LogP contribution is 2.34. The first-order valence-electron chi connectivity index (χ1n) is 9.31. The molecule has 1 N–H and O–H groups in total. The fourth-order valence-corrected chi connectivity index (χ4v) is 3.31. The van der Waals surface area contributed by atoms with Crippen molar-refractivity contribution in [3.05, 3.63) is 59.0 Å². The smallest absolute Gasteiger partial charge is 0.419 e. The highest BCUT2D eigenvalue weighted by atomic mass is 19.4. The van der Waals surface area contributed by atoms with Crippen molar-refractivity contribution in [1.29, 1.82) is 0 Å². The summed E-state index contributed by atoms with van der Waals surface area (Å²) in [5.41, 5.74) is -0.0764. The monoisotopic (exact) mass is 423 g/mol. The highest BCUT2D eigenvalue weighted by molar-refractivity contribution is 5.89. The number of carbonyl (C=O) groups excluding carboxylic acids is 1. The number of piperidine rings is 1. The van der Waals surface area contributed by atoms with Gasteiger partial charge in [-0.05, 0) is 24.5 Å². The Balaban J connectivity index is 1.68. The molecule has 2 amide bonds. The molecule has 1 saturated heterocycles. The van der Waals surface area contributed by atoms with Crippen molar-refractivity contribution in [3.63, 3.8) is 0 Å². The van der Waals surface area contributed by atoms with Gasteiger partial charge in [-0.3, -0.25) is 0 Å². The fourth-order valence-electron chi connectivity index (χ4n) is 3.31. The van der Waals surface area contributed by atoms with Gasteiger partial charge in [-0.15, -0.1) is 0 Å².